The topological polar surface area (TPSA) is 54.7 Å². The van der Waals surface area contributed by atoms with Gasteiger partial charge in [0.25, 0.3) is 0 Å². The summed E-state index contributed by atoms with van der Waals surface area (Å²) >= 11 is 0. The molecule has 3 nitrogen and oxygen atoms in total. The molecule has 2 aromatic rings. The average Bonchev–Trinajstić information content (AvgIpc) is 2.99. The van der Waals surface area contributed by atoms with Crippen LogP contribution in [0.25, 0.3) is 11.1 Å². The van der Waals surface area contributed by atoms with Gasteiger partial charge in [0, 0.05) is 17.2 Å². The summed E-state index contributed by atoms with van der Waals surface area (Å²) in [5, 5.41) is 7.37. The van der Waals surface area contributed by atoms with E-state index in [2.05, 4.69) is 41.4 Å². The molecule has 0 unspecified atom stereocenters. The number of nitrogens with zero attached hydrogens (tertiary/aromatic N) is 1. The second-order valence-electron chi connectivity index (χ2n) is 5.24. The highest BCUT2D eigenvalue weighted by Gasteiger charge is 2.24. The maximum Gasteiger partial charge on any atom is 0.153 e. The molecule has 18 heavy (non-hydrogen) atoms. The largest absolute Gasteiger partial charge is 0.382 e. The first kappa shape index (κ1) is 11.3. The van der Waals surface area contributed by atoms with Crippen LogP contribution >= 0.6 is 0 Å². The van der Waals surface area contributed by atoms with E-state index in [4.69, 9.17) is 5.73 Å². The van der Waals surface area contributed by atoms with E-state index in [1.54, 1.807) is 0 Å². The van der Waals surface area contributed by atoms with Gasteiger partial charge in [-0.15, -0.1) is 0 Å². The van der Waals surface area contributed by atoms with E-state index in [0.717, 1.165) is 5.56 Å². The molecule has 3 heteroatoms. The molecule has 1 saturated carbocycles. The normalized spacial score (nSPS) is 16.3. The smallest absolute Gasteiger partial charge is 0.153 e. The zero-order chi connectivity index (χ0) is 12.5. The number of benzene rings is 1. The average molecular weight is 241 g/mol. The summed E-state index contributed by atoms with van der Waals surface area (Å²) in [6, 6.07) is 8.52. The number of aryl methyl sites for hydroxylation is 1. The minimum absolute atomic E-state index is 0.603. The Balaban J connectivity index is 2.04. The number of hydrogen-bond donors (Lipinski definition) is 2. The molecule has 1 aliphatic rings. The maximum atomic E-state index is 6.04. The number of anilines is 1. The van der Waals surface area contributed by atoms with Gasteiger partial charge in [-0.1, -0.05) is 42.7 Å². The van der Waals surface area contributed by atoms with Gasteiger partial charge in [-0.25, -0.2) is 0 Å². The first-order chi connectivity index (χ1) is 8.75. The fourth-order valence-corrected chi connectivity index (χ4v) is 2.90. The summed E-state index contributed by atoms with van der Waals surface area (Å²) in [7, 11) is 0. The van der Waals surface area contributed by atoms with Crippen molar-refractivity contribution < 1.29 is 0 Å². The van der Waals surface area contributed by atoms with Crippen LogP contribution in [0.5, 0.6) is 0 Å². The van der Waals surface area contributed by atoms with Crippen LogP contribution < -0.4 is 5.73 Å². The van der Waals surface area contributed by atoms with Gasteiger partial charge in [0.15, 0.2) is 5.82 Å². The second kappa shape index (κ2) is 4.48. The summed E-state index contributed by atoms with van der Waals surface area (Å²) in [4.78, 5) is 0. The van der Waals surface area contributed by atoms with Crippen molar-refractivity contribution >= 4 is 5.82 Å². The van der Waals surface area contributed by atoms with E-state index in [-0.39, 0.29) is 0 Å². The molecule has 0 radical (unpaired) electrons. The zero-order valence-corrected chi connectivity index (χ0v) is 10.7. The van der Waals surface area contributed by atoms with Gasteiger partial charge in [0.2, 0.25) is 0 Å². The van der Waals surface area contributed by atoms with Crippen LogP contribution in [0.15, 0.2) is 24.3 Å². The molecular formula is C15H19N3. The third kappa shape index (κ3) is 1.90. The lowest BCUT2D eigenvalue weighted by molar-refractivity contribution is 0.694. The molecule has 0 amide bonds. The van der Waals surface area contributed by atoms with E-state index >= 15 is 0 Å². The van der Waals surface area contributed by atoms with Crippen LogP contribution in [0, 0.1) is 6.92 Å². The molecule has 1 heterocycles. The van der Waals surface area contributed by atoms with E-state index in [9.17, 15) is 0 Å². The minimum atomic E-state index is 0.603. The molecule has 1 aliphatic carbocycles. The molecular weight excluding hydrogens is 222 g/mol. The third-order valence-electron chi connectivity index (χ3n) is 3.93. The Bertz CT molecular complexity index is 533. The monoisotopic (exact) mass is 241 g/mol. The highest BCUT2D eigenvalue weighted by Crippen LogP contribution is 2.40. The van der Waals surface area contributed by atoms with Crippen molar-refractivity contribution in [3.63, 3.8) is 0 Å². The molecule has 0 atom stereocenters. The number of hydrogen-bond acceptors (Lipinski definition) is 2. The fraction of sp³-hybridized carbons (Fsp3) is 0.400. The molecule has 1 fully saturated rings. The van der Waals surface area contributed by atoms with Gasteiger partial charge in [-0.3, -0.25) is 5.10 Å². The van der Waals surface area contributed by atoms with Gasteiger partial charge in [-0.05, 0) is 25.3 Å². The lowest BCUT2D eigenvalue weighted by atomic mass is 9.95. The summed E-state index contributed by atoms with van der Waals surface area (Å²) in [6.45, 7) is 2.10. The lowest BCUT2D eigenvalue weighted by Gasteiger charge is -2.10. The van der Waals surface area contributed by atoms with Gasteiger partial charge >= 0.3 is 0 Å². The number of nitrogens with one attached hydrogen (secondary N) is 1. The summed E-state index contributed by atoms with van der Waals surface area (Å²) in [6.07, 6.45) is 5.13. The number of nitrogens with two attached hydrogens (primary N) is 1. The van der Waals surface area contributed by atoms with Crippen molar-refractivity contribution in [1.29, 1.82) is 0 Å². The Labute approximate surface area is 107 Å². The van der Waals surface area contributed by atoms with Gasteiger partial charge in [-0.2, -0.15) is 5.10 Å². The molecule has 1 aromatic heterocycles. The molecule has 94 valence electrons. The predicted octanol–water partition coefficient (Wildman–Crippen LogP) is 3.62. The molecule has 0 saturated heterocycles. The van der Waals surface area contributed by atoms with Crippen LogP contribution in [0.4, 0.5) is 5.82 Å². The Kier molecular flexibility index (Phi) is 2.82. The molecule has 3 rings (SSSR count). The van der Waals surface area contributed by atoms with E-state index in [1.165, 1.54) is 42.5 Å². The van der Waals surface area contributed by atoms with Crippen LogP contribution in [0.2, 0.25) is 0 Å². The van der Waals surface area contributed by atoms with Gasteiger partial charge < -0.3 is 5.73 Å². The van der Waals surface area contributed by atoms with Crippen LogP contribution in [-0.4, -0.2) is 10.2 Å². The van der Waals surface area contributed by atoms with E-state index < -0.39 is 0 Å². The Morgan fingerprint density at radius 2 is 1.83 bits per heavy atom. The highest BCUT2D eigenvalue weighted by molar-refractivity contribution is 5.76. The standard InChI is InChI=1S/C15H19N3/c1-10-6-8-11(9-7-10)13-14(17-18-15(13)16)12-4-2-3-5-12/h6-9,12H,2-5H2,1H3,(H3,16,17,18). The fourth-order valence-electron chi connectivity index (χ4n) is 2.90. The minimum Gasteiger partial charge on any atom is -0.382 e. The summed E-state index contributed by atoms with van der Waals surface area (Å²) in [5.41, 5.74) is 10.8. The first-order valence-electron chi connectivity index (χ1n) is 6.66. The van der Waals surface area contributed by atoms with Crippen LogP contribution in [0.3, 0.4) is 0 Å². The number of aromatic amines is 1. The SMILES string of the molecule is Cc1ccc(-c2c(N)n[nH]c2C2CCCC2)cc1. The molecule has 1 aromatic carbocycles. The molecule has 3 N–H and O–H groups in total. The first-order valence-corrected chi connectivity index (χ1v) is 6.66. The summed E-state index contributed by atoms with van der Waals surface area (Å²) in [5.74, 6) is 1.23. The maximum absolute atomic E-state index is 6.04. The van der Waals surface area contributed by atoms with Crippen molar-refractivity contribution in [2.24, 2.45) is 0 Å². The predicted molar refractivity (Wildman–Crippen MR) is 74.4 cm³/mol. The van der Waals surface area contributed by atoms with E-state index in [0.29, 0.717) is 11.7 Å². The number of aromatic nitrogens is 2. The van der Waals surface area contributed by atoms with Gasteiger partial charge in [0.05, 0.1) is 0 Å². The van der Waals surface area contributed by atoms with Gasteiger partial charge in [0.1, 0.15) is 0 Å². The van der Waals surface area contributed by atoms with Crippen molar-refractivity contribution in [2.75, 3.05) is 5.73 Å². The number of rotatable bonds is 2. The number of H-pyrrole nitrogens is 1. The van der Waals surface area contributed by atoms with Crippen molar-refractivity contribution in [3.05, 3.63) is 35.5 Å². The van der Waals surface area contributed by atoms with Crippen molar-refractivity contribution in [3.8, 4) is 11.1 Å². The quantitative estimate of drug-likeness (QED) is 0.843. The zero-order valence-electron chi connectivity index (χ0n) is 10.7. The van der Waals surface area contributed by atoms with Crippen LogP contribution in [0.1, 0.15) is 42.9 Å². The van der Waals surface area contributed by atoms with Crippen molar-refractivity contribution in [2.45, 2.75) is 38.5 Å². The lowest BCUT2D eigenvalue weighted by Crippen LogP contribution is -1.96. The molecule has 0 bridgehead atoms. The molecule has 0 aliphatic heterocycles. The Hall–Kier alpha value is -1.77. The Morgan fingerprint density at radius 1 is 1.17 bits per heavy atom. The van der Waals surface area contributed by atoms with E-state index in [1.807, 2.05) is 0 Å². The molecule has 0 spiro atoms. The Morgan fingerprint density at radius 3 is 2.50 bits per heavy atom. The van der Waals surface area contributed by atoms with Crippen molar-refractivity contribution in [1.82, 2.24) is 10.2 Å². The van der Waals surface area contributed by atoms with Crippen LogP contribution in [-0.2, 0) is 0 Å². The second-order valence-corrected chi connectivity index (χ2v) is 5.24. The third-order valence-corrected chi connectivity index (χ3v) is 3.93. The summed E-state index contributed by atoms with van der Waals surface area (Å²) < 4.78 is 0. The number of nitrogen functional groups attached to an aromatic ring is 1. The highest BCUT2D eigenvalue weighted by atomic mass is 15.2.